The standard InChI is InChI=1S/C23H22ClN3O3/c1-15-4-10-18(11-5-15)30-14-20-19(22(28)29)13-25-23(26-20)27-12-2-3-21(27)16-6-8-17(24)9-7-16/h4-11,13,21H,2-3,12,14H2,1H3,(H,28,29). The monoisotopic (exact) mass is 423 g/mol. The summed E-state index contributed by atoms with van der Waals surface area (Å²) in [5.41, 5.74) is 2.67. The highest BCUT2D eigenvalue weighted by atomic mass is 35.5. The first-order valence-corrected chi connectivity index (χ1v) is 10.2. The lowest BCUT2D eigenvalue weighted by Crippen LogP contribution is -2.26. The molecule has 2 heterocycles. The molecule has 7 heteroatoms. The SMILES string of the molecule is Cc1ccc(OCc2nc(N3CCCC3c3ccc(Cl)cc3)ncc2C(=O)O)cc1. The quantitative estimate of drug-likeness (QED) is 0.597. The second-order valence-corrected chi connectivity index (χ2v) is 7.78. The minimum Gasteiger partial charge on any atom is -0.487 e. The third kappa shape index (κ3) is 4.39. The Bertz CT molecular complexity index is 1040. The van der Waals surface area contributed by atoms with E-state index in [-0.39, 0.29) is 18.2 Å². The van der Waals surface area contributed by atoms with Crippen LogP contribution in [-0.4, -0.2) is 27.6 Å². The Hall–Kier alpha value is -3.12. The fourth-order valence-corrected chi connectivity index (χ4v) is 3.78. The molecular weight excluding hydrogens is 402 g/mol. The molecule has 1 saturated heterocycles. The van der Waals surface area contributed by atoms with E-state index in [1.165, 1.54) is 6.20 Å². The molecular formula is C23H22ClN3O3. The molecule has 1 N–H and O–H groups in total. The van der Waals surface area contributed by atoms with Crippen LogP contribution in [0.25, 0.3) is 0 Å². The van der Waals surface area contributed by atoms with E-state index in [0.29, 0.717) is 22.4 Å². The highest BCUT2D eigenvalue weighted by molar-refractivity contribution is 6.30. The molecule has 1 aliphatic rings. The average Bonchev–Trinajstić information content (AvgIpc) is 3.23. The van der Waals surface area contributed by atoms with Crippen LogP contribution in [0.4, 0.5) is 5.95 Å². The van der Waals surface area contributed by atoms with Crippen LogP contribution in [-0.2, 0) is 6.61 Å². The van der Waals surface area contributed by atoms with Crippen LogP contribution in [0.2, 0.25) is 5.02 Å². The van der Waals surface area contributed by atoms with Gasteiger partial charge in [-0.2, -0.15) is 0 Å². The van der Waals surface area contributed by atoms with Gasteiger partial charge in [-0.15, -0.1) is 0 Å². The predicted molar refractivity (Wildman–Crippen MR) is 115 cm³/mol. The van der Waals surface area contributed by atoms with Crippen molar-refractivity contribution in [1.82, 2.24) is 9.97 Å². The minimum atomic E-state index is -1.07. The first-order valence-electron chi connectivity index (χ1n) is 9.82. The number of aromatic nitrogens is 2. The largest absolute Gasteiger partial charge is 0.487 e. The van der Waals surface area contributed by atoms with E-state index in [0.717, 1.165) is 30.5 Å². The van der Waals surface area contributed by atoms with Crippen LogP contribution >= 0.6 is 11.6 Å². The van der Waals surface area contributed by atoms with Crippen LogP contribution < -0.4 is 9.64 Å². The lowest BCUT2D eigenvalue weighted by atomic mass is 10.1. The number of carboxylic acids is 1. The summed E-state index contributed by atoms with van der Waals surface area (Å²) < 4.78 is 5.79. The lowest BCUT2D eigenvalue weighted by molar-refractivity contribution is 0.0692. The highest BCUT2D eigenvalue weighted by Crippen LogP contribution is 2.35. The van der Waals surface area contributed by atoms with Gasteiger partial charge in [-0.25, -0.2) is 14.8 Å². The normalized spacial score (nSPS) is 15.9. The maximum Gasteiger partial charge on any atom is 0.339 e. The molecule has 1 fully saturated rings. The van der Waals surface area contributed by atoms with Crippen molar-refractivity contribution in [3.8, 4) is 5.75 Å². The maximum atomic E-state index is 11.7. The van der Waals surface area contributed by atoms with Crippen LogP contribution in [0.3, 0.4) is 0 Å². The zero-order valence-corrected chi connectivity index (χ0v) is 17.3. The maximum absolute atomic E-state index is 11.7. The summed E-state index contributed by atoms with van der Waals surface area (Å²) in [5.74, 6) is 0.108. The Balaban J connectivity index is 1.60. The van der Waals surface area contributed by atoms with Crippen molar-refractivity contribution in [2.24, 2.45) is 0 Å². The molecule has 0 bridgehead atoms. The Morgan fingerprint density at radius 1 is 1.20 bits per heavy atom. The molecule has 0 radical (unpaired) electrons. The Morgan fingerprint density at radius 2 is 1.93 bits per heavy atom. The summed E-state index contributed by atoms with van der Waals surface area (Å²) in [4.78, 5) is 22.7. The number of hydrogen-bond acceptors (Lipinski definition) is 5. The Kier molecular flexibility index (Phi) is 5.86. The zero-order chi connectivity index (χ0) is 21.1. The van der Waals surface area contributed by atoms with Gasteiger partial charge in [-0.3, -0.25) is 0 Å². The Morgan fingerprint density at radius 3 is 2.63 bits per heavy atom. The third-order valence-corrected chi connectivity index (χ3v) is 5.50. The summed E-state index contributed by atoms with van der Waals surface area (Å²) in [7, 11) is 0. The van der Waals surface area contributed by atoms with E-state index < -0.39 is 5.97 Å². The molecule has 154 valence electrons. The third-order valence-electron chi connectivity index (χ3n) is 5.25. The second-order valence-electron chi connectivity index (χ2n) is 7.34. The molecule has 3 aromatic rings. The van der Waals surface area contributed by atoms with Gasteiger partial charge in [0.1, 0.15) is 17.9 Å². The number of halogens is 1. The van der Waals surface area contributed by atoms with E-state index in [1.807, 2.05) is 55.5 Å². The lowest BCUT2D eigenvalue weighted by Gasteiger charge is -2.25. The van der Waals surface area contributed by atoms with Gasteiger partial charge in [-0.1, -0.05) is 41.4 Å². The summed E-state index contributed by atoms with van der Waals surface area (Å²) in [6.45, 7) is 2.85. The number of carbonyl (C=O) groups is 1. The number of nitrogens with zero attached hydrogens (tertiary/aromatic N) is 3. The molecule has 30 heavy (non-hydrogen) atoms. The highest BCUT2D eigenvalue weighted by Gasteiger charge is 2.29. The molecule has 0 saturated carbocycles. The minimum absolute atomic E-state index is 0.0492. The van der Waals surface area contributed by atoms with Crippen molar-refractivity contribution in [3.63, 3.8) is 0 Å². The first-order chi connectivity index (χ1) is 14.5. The van der Waals surface area contributed by atoms with Crippen molar-refractivity contribution < 1.29 is 14.6 Å². The van der Waals surface area contributed by atoms with Crippen molar-refractivity contribution in [2.45, 2.75) is 32.4 Å². The first kappa shape index (κ1) is 20.2. The number of carboxylic acid groups (broad SMARTS) is 1. The van der Waals surface area contributed by atoms with E-state index in [4.69, 9.17) is 16.3 Å². The molecule has 0 aliphatic carbocycles. The number of ether oxygens (including phenoxy) is 1. The van der Waals surface area contributed by atoms with Gasteiger partial charge >= 0.3 is 5.97 Å². The summed E-state index contributed by atoms with van der Waals surface area (Å²) >= 11 is 6.03. The molecule has 2 aromatic carbocycles. The van der Waals surface area contributed by atoms with E-state index >= 15 is 0 Å². The summed E-state index contributed by atoms with van der Waals surface area (Å²) in [5, 5.41) is 10.2. The average molecular weight is 424 g/mol. The number of aromatic carboxylic acids is 1. The van der Waals surface area contributed by atoms with Gasteiger partial charge in [0, 0.05) is 17.8 Å². The molecule has 1 aliphatic heterocycles. The molecule has 1 atom stereocenters. The second kappa shape index (κ2) is 8.71. The molecule has 6 nitrogen and oxygen atoms in total. The number of hydrogen-bond donors (Lipinski definition) is 1. The Labute approximate surface area is 180 Å². The zero-order valence-electron chi connectivity index (χ0n) is 16.6. The predicted octanol–water partition coefficient (Wildman–Crippen LogP) is 5.06. The fraction of sp³-hybridized carbons (Fsp3) is 0.261. The fourth-order valence-electron chi connectivity index (χ4n) is 3.66. The van der Waals surface area contributed by atoms with Crippen LogP contribution in [0.5, 0.6) is 5.75 Å². The molecule has 1 unspecified atom stereocenters. The molecule has 0 amide bonds. The van der Waals surface area contributed by atoms with Crippen molar-refractivity contribution >= 4 is 23.5 Å². The molecule has 0 spiro atoms. The van der Waals surface area contributed by atoms with Crippen molar-refractivity contribution in [1.29, 1.82) is 0 Å². The molecule has 4 rings (SSSR count). The number of rotatable bonds is 6. The van der Waals surface area contributed by atoms with E-state index in [2.05, 4.69) is 14.9 Å². The van der Waals surface area contributed by atoms with Gasteiger partial charge in [0.15, 0.2) is 0 Å². The van der Waals surface area contributed by atoms with E-state index in [1.54, 1.807) is 0 Å². The summed E-state index contributed by atoms with van der Waals surface area (Å²) in [6, 6.07) is 15.5. The number of aryl methyl sites for hydroxylation is 1. The van der Waals surface area contributed by atoms with E-state index in [9.17, 15) is 9.90 Å². The van der Waals surface area contributed by atoms with Gasteiger partial charge in [0.25, 0.3) is 0 Å². The van der Waals surface area contributed by atoms with Crippen molar-refractivity contribution in [3.05, 3.63) is 82.1 Å². The van der Waals surface area contributed by atoms with Gasteiger partial charge in [0.2, 0.25) is 5.95 Å². The van der Waals surface area contributed by atoms with Gasteiger partial charge < -0.3 is 14.7 Å². The smallest absolute Gasteiger partial charge is 0.339 e. The summed E-state index contributed by atoms with van der Waals surface area (Å²) in [6.07, 6.45) is 3.35. The van der Waals surface area contributed by atoms with Crippen LogP contribution in [0, 0.1) is 6.92 Å². The number of anilines is 1. The molecule has 1 aromatic heterocycles. The van der Waals surface area contributed by atoms with Crippen molar-refractivity contribution in [2.75, 3.05) is 11.4 Å². The van der Waals surface area contributed by atoms with Gasteiger partial charge in [0.05, 0.1) is 11.7 Å². The van der Waals surface area contributed by atoms with Crippen LogP contribution in [0.15, 0.2) is 54.7 Å². The topological polar surface area (TPSA) is 75.5 Å². The van der Waals surface area contributed by atoms with Crippen LogP contribution in [0.1, 0.15) is 46.1 Å². The number of benzene rings is 2. The van der Waals surface area contributed by atoms with Gasteiger partial charge in [-0.05, 0) is 49.6 Å².